The van der Waals surface area contributed by atoms with Crippen LogP contribution in [0.5, 0.6) is 0 Å². The molecule has 0 spiro atoms. The van der Waals surface area contributed by atoms with E-state index < -0.39 is 0 Å². The molecule has 0 heterocycles. The Morgan fingerprint density at radius 1 is 1.05 bits per heavy atom. The highest BCUT2D eigenvalue weighted by Gasteiger charge is 2.13. The first kappa shape index (κ1) is 15.7. The summed E-state index contributed by atoms with van der Waals surface area (Å²) in [4.78, 5) is 0. The first-order chi connectivity index (χ1) is 10.1. The lowest BCUT2D eigenvalue weighted by Gasteiger charge is -2.19. The quantitative estimate of drug-likeness (QED) is 0.830. The zero-order valence-corrected chi connectivity index (χ0v) is 13.1. The summed E-state index contributed by atoms with van der Waals surface area (Å²) in [6.07, 6.45) is 0.930. The van der Waals surface area contributed by atoms with E-state index in [4.69, 9.17) is 0 Å². The highest BCUT2D eigenvalue weighted by molar-refractivity contribution is 5.31. The van der Waals surface area contributed by atoms with Crippen LogP contribution in [0.25, 0.3) is 0 Å². The molecule has 1 N–H and O–H groups in total. The second-order valence-corrected chi connectivity index (χ2v) is 5.76. The molecule has 1 nitrogen and oxygen atoms in total. The Kier molecular flexibility index (Phi) is 5.51. The first-order valence-electron chi connectivity index (χ1n) is 7.62. The number of likely N-dealkylation sites (N-methyl/N-ethyl adjacent to an activating group) is 1. The normalized spacial score (nSPS) is 12.4. The lowest BCUT2D eigenvalue weighted by molar-refractivity contribution is 0.582. The maximum absolute atomic E-state index is 13.5. The zero-order valence-electron chi connectivity index (χ0n) is 13.1. The van der Waals surface area contributed by atoms with Crippen molar-refractivity contribution >= 4 is 0 Å². The number of nitrogens with one attached hydrogen (secondary N) is 1. The van der Waals surface area contributed by atoms with Crippen molar-refractivity contribution < 1.29 is 4.39 Å². The van der Waals surface area contributed by atoms with Gasteiger partial charge in [-0.3, -0.25) is 0 Å². The van der Waals surface area contributed by atoms with Crippen molar-refractivity contribution in [1.29, 1.82) is 0 Å². The fraction of sp³-hybridized carbons (Fsp3) is 0.368. The van der Waals surface area contributed by atoms with E-state index in [1.54, 1.807) is 12.1 Å². The fourth-order valence-corrected chi connectivity index (χ4v) is 2.86. The van der Waals surface area contributed by atoms with Gasteiger partial charge in [-0.2, -0.15) is 0 Å². The van der Waals surface area contributed by atoms with Gasteiger partial charge >= 0.3 is 0 Å². The number of rotatable bonds is 6. The molecular formula is C19H24FN. The molecule has 1 unspecified atom stereocenters. The standard InChI is InChI=1S/C19H24FN/c1-4-21-13-18(17-6-5-7-19(20)12-17)11-16-9-14(2)8-15(3)10-16/h5-10,12,18,21H,4,11,13H2,1-3H3. The number of halogens is 1. The lowest BCUT2D eigenvalue weighted by Crippen LogP contribution is -2.22. The molecule has 0 aliphatic heterocycles. The Bertz CT molecular complexity index is 572. The van der Waals surface area contributed by atoms with Gasteiger partial charge in [-0.25, -0.2) is 4.39 Å². The van der Waals surface area contributed by atoms with Crippen LogP contribution >= 0.6 is 0 Å². The molecule has 21 heavy (non-hydrogen) atoms. The Hall–Kier alpha value is -1.67. The molecule has 0 aliphatic rings. The summed E-state index contributed by atoms with van der Waals surface area (Å²) in [5.41, 5.74) is 4.95. The summed E-state index contributed by atoms with van der Waals surface area (Å²) in [7, 11) is 0. The topological polar surface area (TPSA) is 12.0 Å². The van der Waals surface area contributed by atoms with Crippen LogP contribution < -0.4 is 5.32 Å². The molecule has 0 saturated heterocycles. The fourth-order valence-electron chi connectivity index (χ4n) is 2.86. The molecule has 1 atom stereocenters. The SMILES string of the molecule is CCNCC(Cc1cc(C)cc(C)c1)c1cccc(F)c1. The average molecular weight is 285 g/mol. The van der Waals surface area contributed by atoms with Crippen LogP contribution in [0.15, 0.2) is 42.5 Å². The summed E-state index contributed by atoms with van der Waals surface area (Å²) >= 11 is 0. The number of hydrogen-bond donors (Lipinski definition) is 1. The Morgan fingerprint density at radius 3 is 2.38 bits per heavy atom. The van der Waals surface area contributed by atoms with Crippen molar-refractivity contribution in [3.8, 4) is 0 Å². The molecule has 2 rings (SSSR count). The third-order valence-electron chi connectivity index (χ3n) is 3.72. The van der Waals surface area contributed by atoms with Crippen molar-refractivity contribution in [2.45, 2.75) is 33.1 Å². The van der Waals surface area contributed by atoms with E-state index in [0.717, 1.165) is 25.1 Å². The van der Waals surface area contributed by atoms with Gasteiger partial charge in [-0.05, 0) is 50.1 Å². The van der Waals surface area contributed by atoms with Crippen LogP contribution in [0.1, 0.15) is 35.1 Å². The second-order valence-electron chi connectivity index (χ2n) is 5.76. The van der Waals surface area contributed by atoms with Gasteiger partial charge in [0.05, 0.1) is 0 Å². The number of hydrogen-bond acceptors (Lipinski definition) is 1. The van der Waals surface area contributed by atoms with E-state index in [9.17, 15) is 4.39 Å². The summed E-state index contributed by atoms with van der Waals surface area (Å²) in [5.74, 6) is 0.135. The molecular weight excluding hydrogens is 261 g/mol. The van der Waals surface area contributed by atoms with Gasteiger partial charge < -0.3 is 5.32 Å². The van der Waals surface area contributed by atoms with Crippen molar-refractivity contribution in [2.24, 2.45) is 0 Å². The Balaban J connectivity index is 2.23. The predicted molar refractivity (Wildman–Crippen MR) is 87.3 cm³/mol. The summed E-state index contributed by atoms with van der Waals surface area (Å²) in [5, 5.41) is 3.39. The molecule has 2 aromatic rings. The molecule has 2 aromatic carbocycles. The molecule has 0 aliphatic carbocycles. The maximum Gasteiger partial charge on any atom is 0.123 e. The predicted octanol–water partition coefficient (Wildman–Crippen LogP) is 4.38. The molecule has 112 valence electrons. The highest BCUT2D eigenvalue weighted by atomic mass is 19.1. The molecule has 0 saturated carbocycles. The summed E-state index contributed by atoms with van der Waals surface area (Å²) in [6, 6.07) is 13.6. The number of benzene rings is 2. The Labute approximate surface area is 127 Å². The van der Waals surface area contributed by atoms with Gasteiger partial charge in [0.15, 0.2) is 0 Å². The Morgan fingerprint density at radius 2 is 1.76 bits per heavy atom. The minimum atomic E-state index is -0.158. The first-order valence-corrected chi connectivity index (χ1v) is 7.62. The molecule has 0 bridgehead atoms. The highest BCUT2D eigenvalue weighted by Crippen LogP contribution is 2.22. The monoisotopic (exact) mass is 285 g/mol. The van der Waals surface area contributed by atoms with Crippen LogP contribution in [0, 0.1) is 19.7 Å². The van der Waals surface area contributed by atoms with E-state index in [2.05, 4.69) is 44.3 Å². The lowest BCUT2D eigenvalue weighted by atomic mass is 9.90. The van der Waals surface area contributed by atoms with E-state index in [1.807, 2.05) is 6.07 Å². The minimum Gasteiger partial charge on any atom is -0.316 e. The van der Waals surface area contributed by atoms with E-state index in [0.29, 0.717) is 5.92 Å². The third kappa shape index (κ3) is 4.68. The van der Waals surface area contributed by atoms with Gasteiger partial charge in [0.2, 0.25) is 0 Å². The largest absolute Gasteiger partial charge is 0.316 e. The van der Waals surface area contributed by atoms with E-state index in [1.165, 1.54) is 22.8 Å². The van der Waals surface area contributed by atoms with Crippen LogP contribution in [-0.4, -0.2) is 13.1 Å². The van der Waals surface area contributed by atoms with Crippen molar-refractivity contribution in [3.05, 3.63) is 70.5 Å². The number of aryl methyl sites for hydroxylation is 2. The van der Waals surface area contributed by atoms with Gasteiger partial charge in [0.1, 0.15) is 5.82 Å². The molecule has 0 radical (unpaired) electrons. The van der Waals surface area contributed by atoms with Crippen molar-refractivity contribution in [3.63, 3.8) is 0 Å². The van der Waals surface area contributed by atoms with Crippen molar-refractivity contribution in [2.75, 3.05) is 13.1 Å². The average Bonchev–Trinajstić information content (AvgIpc) is 2.42. The summed E-state index contributed by atoms with van der Waals surface area (Å²) in [6.45, 7) is 8.14. The van der Waals surface area contributed by atoms with Crippen LogP contribution in [-0.2, 0) is 6.42 Å². The minimum absolute atomic E-state index is 0.158. The maximum atomic E-state index is 13.5. The summed E-state index contributed by atoms with van der Waals surface area (Å²) < 4.78 is 13.5. The zero-order chi connectivity index (χ0) is 15.2. The second kappa shape index (κ2) is 7.37. The third-order valence-corrected chi connectivity index (χ3v) is 3.72. The molecule has 0 aromatic heterocycles. The van der Waals surface area contributed by atoms with Gasteiger partial charge in [0.25, 0.3) is 0 Å². The molecule has 0 amide bonds. The van der Waals surface area contributed by atoms with Crippen LogP contribution in [0.4, 0.5) is 4.39 Å². The molecule has 2 heteroatoms. The van der Waals surface area contributed by atoms with E-state index >= 15 is 0 Å². The van der Waals surface area contributed by atoms with Crippen LogP contribution in [0.3, 0.4) is 0 Å². The van der Waals surface area contributed by atoms with Crippen LogP contribution in [0.2, 0.25) is 0 Å². The van der Waals surface area contributed by atoms with Gasteiger partial charge in [-0.1, -0.05) is 48.4 Å². The van der Waals surface area contributed by atoms with Crippen molar-refractivity contribution in [1.82, 2.24) is 5.32 Å². The molecule has 0 fully saturated rings. The van der Waals surface area contributed by atoms with Gasteiger partial charge in [-0.15, -0.1) is 0 Å². The van der Waals surface area contributed by atoms with Gasteiger partial charge in [0, 0.05) is 12.5 Å². The van der Waals surface area contributed by atoms with E-state index in [-0.39, 0.29) is 5.82 Å². The smallest absolute Gasteiger partial charge is 0.123 e.